The Labute approximate surface area is 204 Å². The van der Waals surface area contributed by atoms with Crippen LogP contribution in [0.25, 0.3) is 17.0 Å². The fourth-order valence-electron chi connectivity index (χ4n) is 4.28. The van der Waals surface area contributed by atoms with Crippen LogP contribution in [0.15, 0.2) is 89.5 Å². The number of aromatic nitrogens is 1. The Kier molecular flexibility index (Phi) is 5.73. The first-order valence-corrected chi connectivity index (χ1v) is 11.2. The largest absolute Gasteiger partial charge is 0.435 e. The van der Waals surface area contributed by atoms with Gasteiger partial charge in [0, 0.05) is 33.7 Å². The second-order valence-electron chi connectivity index (χ2n) is 8.15. The topological polar surface area (TPSA) is 37.6 Å². The zero-order chi connectivity index (χ0) is 24.7. The number of hydrogen-bond acceptors (Lipinski definition) is 2. The lowest BCUT2D eigenvalue weighted by atomic mass is 10.0. The van der Waals surface area contributed by atoms with Crippen molar-refractivity contribution in [3.63, 3.8) is 0 Å². The van der Waals surface area contributed by atoms with E-state index >= 15 is 0 Å². The molecule has 0 aliphatic carbocycles. The number of nitrogens with zero attached hydrogens (tertiary/aromatic N) is 3. The van der Waals surface area contributed by atoms with Crippen LogP contribution in [0.5, 0.6) is 0 Å². The maximum atomic E-state index is 14.0. The van der Waals surface area contributed by atoms with Gasteiger partial charge in [-0.25, -0.2) is 0 Å². The molecule has 0 radical (unpaired) electrons. The van der Waals surface area contributed by atoms with E-state index in [0.29, 0.717) is 22.8 Å². The van der Waals surface area contributed by atoms with Crippen molar-refractivity contribution < 1.29 is 18.0 Å². The van der Waals surface area contributed by atoms with E-state index < -0.39 is 23.4 Å². The minimum absolute atomic E-state index is 0.264. The summed E-state index contributed by atoms with van der Waals surface area (Å²) in [6, 6.07) is 22.9. The van der Waals surface area contributed by atoms with Crippen LogP contribution in [-0.2, 0) is 11.3 Å². The van der Waals surface area contributed by atoms with Gasteiger partial charge < -0.3 is 4.57 Å². The average molecular weight is 494 g/mol. The van der Waals surface area contributed by atoms with E-state index in [9.17, 15) is 18.0 Å². The van der Waals surface area contributed by atoms with Gasteiger partial charge in [0.1, 0.15) is 0 Å². The van der Waals surface area contributed by atoms with Crippen molar-refractivity contribution in [3.05, 3.63) is 106 Å². The van der Waals surface area contributed by atoms with Crippen molar-refractivity contribution >= 4 is 45.9 Å². The summed E-state index contributed by atoms with van der Waals surface area (Å²) in [5, 5.41) is 5.80. The summed E-state index contributed by atoms with van der Waals surface area (Å²) in [4.78, 5) is 13.2. The highest BCUT2D eigenvalue weighted by Crippen LogP contribution is 2.35. The molecular formula is C27H19ClF3N3O. The van der Waals surface area contributed by atoms with Gasteiger partial charge in [-0.05, 0) is 42.8 Å². The van der Waals surface area contributed by atoms with E-state index in [1.54, 1.807) is 36.4 Å². The van der Waals surface area contributed by atoms with E-state index in [1.807, 2.05) is 54.0 Å². The number of amides is 1. The Morgan fingerprint density at radius 2 is 1.60 bits per heavy atom. The molecule has 0 unspecified atom stereocenters. The van der Waals surface area contributed by atoms with Crippen LogP contribution in [0.4, 0.5) is 18.9 Å². The zero-order valence-corrected chi connectivity index (χ0v) is 19.3. The summed E-state index contributed by atoms with van der Waals surface area (Å²) < 4.78 is 43.9. The van der Waals surface area contributed by atoms with Crippen LogP contribution >= 0.6 is 11.6 Å². The van der Waals surface area contributed by atoms with Gasteiger partial charge in [-0.2, -0.15) is 23.3 Å². The quantitative estimate of drug-likeness (QED) is 0.282. The number of carbonyl (C=O) groups is 1. The number of alkyl halides is 3. The van der Waals surface area contributed by atoms with Crippen LogP contribution in [0.3, 0.4) is 0 Å². The van der Waals surface area contributed by atoms with E-state index in [2.05, 4.69) is 5.10 Å². The van der Waals surface area contributed by atoms with Crippen LogP contribution in [0, 0.1) is 6.92 Å². The Hall–Kier alpha value is -3.84. The molecule has 35 heavy (non-hydrogen) atoms. The van der Waals surface area contributed by atoms with Crippen molar-refractivity contribution in [2.75, 3.05) is 5.01 Å². The predicted molar refractivity (Wildman–Crippen MR) is 133 cm³/mol. The van der Waals surface area contributed by atoms with Gasteiger partial charge in [0.25, 0.3) is 5.91 Å². The maximum absolute atomic E-state index is 14.0. The Bertz CT molecular complexity index is 1500. The van der Waals surface area contributed by atoms with Crippen LogP contribution < -0.4 is 5.01 Å². The molecule has 1 aliphatic rings. The highest BCUT2D eigenvalue weighted by molar-refractivity contribution is 6.34. The van der Waals surface area contributed by atoms with Crippen molar-refractivity contribution in [1.82, 2.24) is 4.57 Å². The molecule has 0 N–H and O–H groups in total. The lowest BCUT2D eigenvalue weighted by molar-refractivity contribution is -0.114. The first-order valence-electron chi connectivity index (χ1n) is 10.8. The third-order valence-electron chi connectivity index (χ3n) is 6.00. The smallest absolute Gasteiger partial charge is 0.340 e. The molecule has 4 nitrogen and oxygen atoms in total. The number of hydrazone groups is 1. The highest BCUT2D eigenvalue weighted by atomic mass is 35.5. The number of carbonyl (C=O) groups excluding carboxylic acids is 1. The fourth-order valence-corrected chi connectivity index (χ4v) is 4.48. The number of rotatable bonds is 4. The molecule has 5 rings (SSSR count). The molecule has 3 aromatic carbocycles. The summed E-state index contributed by atoms with van der Waals surface area (Å²) in [7, 11) is 0. The number of para-hydroxylation sites is 2. The minimum Gasteiger partial charge on any atom is -0.340 e. The lowest BCUT2D eigenvalue weighted by Gasteiger charge is -2.11. The molecule has 0 bridgehead atoms. The van der Waals surface area contributed by atoms with Crippen molar-refractivity contribution in [1.29, 1.82) is 0 Å². The van der Waals surface area contributed by atoms with Crippen molar-refractivity contribution in [2.24, 2.45) is 5.10 Å². The van der Waals surface area contributed by atoms with Crippen LogP contribution in [-0.4, -0.2) is 22.4 Å². The first kappa shape index (κ1) is 22.9. The second kappa shape index (κ2) is 8.74. The predicted octanol–water partition coefficient (Wildman–Crippen LogP) is 7.00. The van der Waals surface area contributed by atoms with Gasteiger partial charge in [-0.15, -0.1) is 0 Å². The molecule has 8 heteroatoms. The van der Waals surface area contributed by atoms with Crippen molar-refractivity contribution in [3.8, 4) is 0 Å². The molecule has 0 saturated carbocycles. The molecular weight excluding hydrogens is 475 g/mol. The third kappa shape index (κ3) is 4.12. The van der Waals surface area contributed by atoms with E-state index in [1.165, 1.54) is 6.08 Å². The Morgan fingerprint density at radius 3 is 2.31 bits per heavy atom. The number of fused-ring (bicyclic) bond motifs is 1. The normalized spacial score (nSPS) is 15.3. The van der Waals surface area contributed by atoms with Crippen LogP contribution in [0.2, 0.25) is 5.02 Å². The second-order valence-corrected chi connectivity index (χ2v) is 8.56. The summed E-state index contributed by atoms with van der Waals surface area (Å²) in [5.41, 5.74) is 1.50. The maximum Gasteiger partial charge on any atom is 0.435 e. The standard InChI is InChI=1S/C27H19ClF3N3O/c1-17-21(20-12-6-8-14-24(20)33(17)16-18-9-5-7-13-23(18)28)15-22-25(27(29,30)31)32-34(26(22)35)19-10-3-2-4-11-19/h2-15H,16H2,1H3/b22-15-. The fraction of sp³-hybridized carbons (Fsp3) is 0.111. The monoisotopic (exact) mass is 493 g/mol. The zero-order valence-electron chi connectivity index (χ0n) is 18.6. The molecule has 0 fully saturated rings. The molecule has 176 valence electrons. The average Bonchev–Trinajstić information content (AvgIpc) is 3.31. The molecule has 0 atom stereocenters. The molecule has 1 aromatic heterocycles. The molecule has 2 heterocycles. The number of halogens is 4. The molecule has 1 amide bonds. The SMILES string of the molecule is Cc1c(/C=C2\C(=O)N(c3ccccc3)N=C2C(F)(F)F)c2ccccc2n1Cc1ccccc1Cl. The highest BCUT2D eigenvalue weighted by Gasteiger charge is 2.47. The molecule has 1 aliphatic heterocycles. The molecule has 4 aromatic rings. The van der Waals surface area contributed by atoms with E-state index in [4.69, 9.17) is 11.6 Å². The lowest BCUT2D eigenvalue weighted by Crippen LogP contribution is -2.25. The van der Waals surface area contributed by atoms with E-state index in [0.717, 1.165) is 21.5 Å². The third-order valence-corrected chi connectivity index (χ3v) is 6.37. The van der Waals surface area contributed by atoms with Gasteiger partial charge in [-0.3, -0.25) is 4.79 Å². The van der Waals surface area contributed by atoms with Gasteiger partial charge in [0.2, 0.25) is 0 Å². The van der Waals surface area contributed by atoms with Gasteiger partial charge in [0.05, 0.1) is 11.3 Å². The number of benzene rings is 3. The Morgan fingerprint density at radius 1 is 0.943 bits per heavy atom. The van der Waals surface area contributed by atoms with Gasteiger partial charge >= 0.3 is 6.18 Å². The first-order chi connectivity index (χ1) is 16.8. The Balaban J connectivity index is 1.66. The minimum atomic E-state index is -4.80. The number of anilines is 1. The van der Waals surface area contributed by atoms with E-state index in [-0.39, 0.29) is 5.69 Å². The summed E-state index contributed by atoms with van der Waals surface area (Å²) in [6.07, 6.45) is -3.49. The summed E-state index contributed by atoms with van der Waals surface area (Å²) in [6.45, 7) is 2.25. The number of hydrogen-bond donors (Lipinski definition) is 0. The summed E-state index contributed by atoms with van der Waals surface area (Å²) in [5.74, 6) is -0.828. The van der Waals surface area contributed by atoms with Crippen molar-refractivity contribution in [2.45, 2.75) is 19.6 Å². The van der Waals surface area contributed by atoms with Crippen LogP contribution in [0.1, 0.15) is 16.8 Å². The summed E-state index contributed by atoms with van der Waals surface area (Å²) >= 11 is 6.37. The van der Waals surface area contributed by atoms with Gasteiger partial charge in [0.15, 0.2) is 5.71 Å². The van der Waals surface area contributed by atoms with Gasteiger partial charge in [-0.1, -0.05) is 66.2 Å². The molecule has 0 spiro atoms. The molecule has 0 saturated heterocycles.